The first-order chi connectivity index (χ1) is 16.9. The molecule has 0 unspecified atom stereocenters. The minimum absolute atomic E-state index is 0.0641. The minimum atomic E-state index is -4.85. The van der Waals surface area contributed by atoms with Crippen LogP contribution in [0.25, 0.3) is 0 Å². The number of aliphatic carboxylic acids is 1. The van der Waals surface area contributed by atoms with Crippen LogP contribution in [-0.2, 0) is 19.6 Å². The van der Waals surface area contributed by atoms with Crippen molar-refractivity contribution in [1.29, 1.82) is 0 Å². The molecule has 0 aromatic heterocycles. The predicted octanol–water partition coefficient (Wildman–Crippen LogP) is 4.78. The molecule has 1 heterocycles. The number of benzene rings is 2. The van der Waals surface area contributed by atoms with Gasteiger partial charge in [0.25, 0.3) is 10.0 Å². The molecule has 1 aliphatic heterocycles. The van der Waals surface area contributed by atoms with Gasteiger partial charge in [-0.05, 0) is 70.2 Å². The number of carbonyl (C=O) groups is 2. The van der Waals surface area contributed by atoms with Crippen molar-refractivity contribution in [1.82, 2.24) is 0 Å². The molecule has 3 rings (SSSR count). The molecule has 1 aliphatic rings. The molecule has 37 heavy (non-hydrogen) atoms. The minimum Gasteiger partial charge on any atom is -0.485 e. The van der Waals surface area contributed by atoms with E-state index in [0.717, 1.165) is 34.6 Å². The summed E-state index contributed by atoms with van der Waals surface area (Å²) in [6, 6.07) is 7.50. The summed E-state index contributed by atoms with van der Waals surface area (Å²) in [5, 5.41) is 11.8. The molecule has 2 aromatic rings. The average molecular weight is 549 g/mol. The Morgan fingerprint density at radius 2 is 1.68 bits per heavy atom. The summed E-state index contributed by atoms with van der Waals surface area (Å²) in [7, 11) is -4.40. The number of fused-ring (bicyclic) bond motifs is 1. The molecule has 2 aromatic carbocycles. The molecule has 0 radical (unpaired) electrons. The molecule has 1 amide bonds. The summed E-state index contributed by atoms with van der Waals surface area (Å²) in [6.45, 7) is 3.55. The summed E-state index contributed by atoms with van der Waals surface area (Å²) in [5.41, 5.74) is -4.60. The molecule has 14 heteroatoms. The van der Waals surface area contributed by atoms with Gasteiger partial charge >= 0.3 is 18.2 Å². The number of rotatable bonds is 6. The number of hydrogen-bond donors (Lipinski definition) is 2. The average Bonchev–Trinajstić information content (AvgIpc) is 2.77. The lowest BCUT2D eigenvalue weighted by Crippen LogP contribution is -2.52. The summed E-state index contributed by atoms with van der Waals surface area (Å²) < 4.78 is 90.7. The van der Waals surface area contributed by atoms with Crippen LogP contribution in [0.4, 0.5) is 33.7 Å². The SMILES string of the molecule is CC(C)(C(=O)O)[C@H]1CN(S(=O)(=O)c2ccc(F)cc2)c2cc(NC(=O)OC(C)(C)C(F)(F)F)ccc2O1. The molecule has 202 valence electrons. The van der Waals surface area contributed by atoms with Crippen LogP contribution in [0.3, 0.4) is 0 Å². The third-order valence-electron chi connectivity index (χ3n) is 5.86. The third-order valence-corrected chi connectivity index (χ3v) is 7.66. The maximum Gasteiger partial charge on any atom is 0.427 e. The highest BCUT2D eigenvalue weighted by molar-refractivity contribution is 7.92. The zero-order chi connectivity index (χ0) is 28.0. The van der Waals surface area contributed by atoms with Crippen molar-refractivity contribution in [3.8, 4) is 5.75 Å². The van der Waals surface area contributed by atoms with Gasteiger partial charge in [0, 0.05) is 5.69 Å². The molecular weight excluding hydrogens is 524 g/mol. The van der Waals surface area contributed by atoms with Crippen molar-refractivity contribution >= 4 is 33.5 Å². The highest BCUT2D eigenvalue weighted by Crippen LogP contribution is 2.42. The van der Waals surface area contributed by atoms with Gasteiger partial charge in [0.1, 0.15) is 23.1 Å². The van der Waals surface area contributed by atoms with Crippen LogP contribution < -0.4 is 14.4 Å². The molecule has 0 bridgehead atoms. The predicted molar refractivity (Wildman–Crippen MR) is 123 cm³/mol. The quantitative estimate of drug-likeness (QED) is 0.498. The Hall–Kier alpha value is -3.55. The summed E-state index contributed by atoms with van der Waals surface area (Å²) in [4.78, 5) is 23.7. The van der Waals surface area contributed by atoms with Crippen LogP contribution >= 0.6 is 0 Å². The van der Waals surface area contributed by atoms with Crippen LogP contribution in [0.5, 0.6) is 5.75 Å². The van der Waals surface area contributed by atoms with Gasteiger partial charge in [-0.25, -0.2) is 17.6 Å². The van der Waals surface area contributed by atoms with E-state index < -0.39 is 57.7 Å². The fourth-order valence-corrected chi connectivity index (χ4v) is 4.70. The van der Waals surface area contributed by atoms with Crippen molar-refractivity contribution in [2.45, 2.75) is 50.5 Å². The summed E-state index contributed by atoms with van der Waals surface area (Å²) in [6.07, 6.45) is -7.46. The van der Waals surface area contributed by atoms with E-state index in [9.17, 15) is 40.7 Å². The standard InChI is InChI=1S/C23H24F4N2O7S/c1-21(2,19(30)31)18-12-29(37(33,34)15-8-5-13(24)6-9-15)16-11-14(7-10-17(16)35-18)28-20(32)36-22(3,4)23(25,26)27/h5-11,18H,12H2,1-4H3,(H,28,32)(H,30,31)/t18-/m1/s1. The van der Waals surface area contributed by atoms with Gasteiger partial charge in [0.05, 0.1) is 17.1 Å². The number of alkyl halides is 3. The zero-order valence-electron chi connectivity index (χ0n) is 20.1. The van der Waals surface area contributed by atoms with Crippen molar-refractivity contribution in [3.63, 3.8) is 0 Å². The molecule has 9 nitrogen and oxygen atoms in total. The molecular formula is C23H24F4N2O7S. The second-order valence-corrected chi connectivity index (χ2v) is 11.2. The van der Waals surface area contributed by atoms with E-state index in [0.29, 0.717) is 13.8 Å². The van der Waals surface area contributed by atoms with Gasteiger partial charge in [-0.2, -0.15) is 13.2 Å². The molecule has 2 N–H and O–H groups in total. The van der Waals surface area contributed by atoms with Crippen molar-refractivity contribution in [2.24, 2.45) is 5.41 Å². The van der Waals surface area contributed by atoms with E-state index in [4.69, 9.17) is 4.74 Å². The van der Waals surface area contributed by atoms with Crippen LogP contribution in [0, 0.1) is 11.2 Å². The van der Waals surface area contributed by atoms with Crippen LogP contribution in [0.1, 0.15) is 27.7 Å². The van der Waals surface area contributed by atoms with E-state index in [1.54, 1.807) is 0 Å². The van der Waals surface area contributed by atoms with E-state index in [-0.39, 0.29) is 22.0 Å². The highest BCUT2D eigenvalue weighted by Gasteiger charge is 2.51. The number of carboxylic acids is 1. The van der Waals surface area contributed by atoms with Gasteiger partial charge in [0.15, 0.2) is 0 Å². The van der Waals surface area contributed by atoms with Crippen LogP contribution in [0.2, 0.25) is 0 Å². The number of anilines is 2. The number of nitrogens with zero attached hydrogens (tertiary/aromatic N) is 1. The number of sulfonamides is 1. The molecule has 0 spiro atoms. The van der Waals surface area contributed by atoms with Gasteiger partial charge in [-0.15, -0.1) is 0 Å². The van der Waals surface area contributed by atoms with Gasteiger partial charge < -0.3 is 14.6 Å². The second-order valence-electron chi connectivity index (χ2n) is 9.33. The number of ether oxygens (including phenoxy) is 2. The number of carbonyl (C=O) groups excluding carboxylic acids is 1. The summed E-state index contributed by atoms with van der Waals surface area (Å²) >= 11 is 0. The lowest BCUT2D eigenvalue weighted by atomic mass is 9.85. The first kappa shape index (κ1) is 28.0. The normalized spacial score (nSPS) is 16.4. The van der Waals surface area contributed by atoms with Crippen molar-refractivity contribution < 1.29 is 50.1 Å². The number of nitrogens with one attached hydrogen (secondary N) is 1. The first-order valence-electron chi connectivity index (χ1n) is 10.8. The lowest BCUT2D eigenvalue weighted by Gasteiger charge is -2.40. The Kier molecular flexibility index (Phi) is 7.12. The Labute approximate surface area is 210 Å². The van der Waals surface area contributed by atoms with E-state index in [1.807, 2.05) is 0 Å². The van der Waals surface area contributed by atoms with E-state index in [1.165, 1.54) is 26.0 Å². The molecule has 0 fully saturated rings. The van der Waals surface area contributed by atoms with E-state index >= 15 is 0 Å². The molecule has 1 atom stereocenters. The highest BCUT2D eigenvalue weighted by atomic mass is 32.2. The zero-order valence-corrected chi connectivity index (χ0v) is 20.9. The number of carboxylic acid groups (broad SMARTS) is 1. The Bertz CT molecular complexity index is 1310. The Balaban J connectivity index is 2.03. The first-order valence-corrected chi connectivity index (χ1v) is 12.2. The fraction of sp³-hybridized carbons (Fsp3) is 0.391. The fourth-order valence-electron chi connectivity index (χ4n) is 3.24. The van der Waals surface area contributed by atoms with Crippen LogP contribution in [0.15, 0.2) is 47.4 Å². The summed E-state index contributed by atoms with van der Waals surface area (Å²) in [5.74, 6) is -2.00. The molecule has 0 saturated carbocycles. The van der Waals surface area contributed by atoms with Gasteiger partial charge in [-0.3, -0.25) is 14.4 Å². The molecule has 0 saturated heterocycles. The Morgan fingerprint density at radius 3 is 2.22 bits per heavy atom. The largest absolute Gasteiger partial charge is 0.485 e. The smallest absolute Gasteiger partial charge is 0.427 e. The maximum atomic E-state index is 13.5. The maximum absolute atomic E-state index is 13.5. The topological polar surface area (TPSA) is 122 Å². The van der Waals surface area contributed by atoms with Crippen LogP contribution in [-0.4, -0.2) is 50.0 Å². The van der Waals surface area contributed by atoms with Crippen molar-refractivity contribution in [2.75, 3.05) is 16.2 Å². The lowest BCUT2D eigenvalue weighted by molar-refractivity contribution is -0.242. The van der Waals surface area contributed by atoms with Gasteiger partial charge in [0.2, 0.25) is 5.60 Å². The number of amides is 1. The van der Waals surface area contributed by atoms with Crippen molar-refractivity contribution in [3.05, 3.63) is 48.3 Å². The Morgan fingerprint density at radius 1 is 1.08 bits per heavy atom. The van der Waals surface area contributed by atoms with Gasteiger partial charge in [-0.1, -0.05) is 0 Å². The number of hydrogen-bond acceptors (Lipinski definition) is 6. The molecule has 0 aliphatic carbocycles. The monoisotopic (exact) mass is 548 g/mol. The van der Waals surface area contributed by atoms with E-state index in [2.05, 4.69) is 10.1 Å². The second kappa shape index (κ2) is 9.39. The number of halogens is 4. The third kappa shape index (κ3) is 5.58.